The average Bonchev–Trinajstić information content (AvgIpc) is 2.74. The van der Waals surface area contributed by atoms with Crippen LogP contribution in [0, 0.1) is 6.92 Å². The van der Waals surface area contributed by atoms with Crippen LogP contribution in [0.4, 0.5) is 5.69 Å². The van der Waals surface area contributed by atoms with Crippen molar-refractivity contribution in [3.05, 3.63) is 53.6 Å². The van der Waals surface area contributed by atoms with E-state index in [1.54, 1.807) is 24.3 Å². The number of anilines is 1. The molecule has 1 saturated heterocycles. The van der Waals surface area contributed by atoms with Gasteiger partial charge in [-0.3, -0.25) is 10.2 Å². The highest BCUT2D eigenvalue weighted by Crippen LogP contribution is 2.27. The molecule has 2 aromatic carbocycles. The summed E-state index contributed by atoms with van der Waals surface area (Å²) in [6.45, 7) is 4.33. The molecule has 1 amide bonds. The van der Waals surface area contributed by atoms with Gasteiger partial charge in [-0.05, 0) is 42.3 Å². The number of methoxy groups -OCH3 is 1. The highest BCUT2D eigenvalue weighted by Gasteiger charge is 2.18. The van der Waals surface area contributed by atoms with Gasteiger partial charge in [0.05, 0.1) is 32.2 Å². The first-order valence-corrected chi connectivity index (χ1v) is 9.18. The Morgan fingerprint density at radius 1 is 1.21 bits per heavy atom. The molecule has 0 aliphatic carbocycles. The Bertz CT molecular complexity index is 832. The van der Waals surface area contributed by atoms with Gasteiger partial charge in [0, 0.05) is 13.1 Å². The minimum absolute atomic E-state index is 0.0291. The van der Waals surface area contributed by atoms with Gasteiger partial charge in [-0.1, -0.05) is 18.2 Å². The number of hydrogen-bond acceptors (Lipinski definition) is 6. The SMILES string of the molecule is COc1cc(/C=N\Nc2ccccc2C)ccc1OCC(=O)N1CCOCC1. The fraction of sp³-hybridized carbons (Fsp3) is 0.333. The van der Waals surface area contributed by atoms with Crippen molar-refractivity contribution in [3.63, 3.8) is 0 Å². The van der Waals surface area contributed by atoms with Gasteiger partial charge in [0.2, 0.25) is 0 Å². The van der Waals surface area contributed by atoms with E-state index >= 15 is 0 Å². The average molecular weight is 383 g/mol. The molecule has 2 aromatic rings. The van der Waals surface area contributed by atoms with Gasteiger partial charge in [-0.2, -0.15) is 5.10 Å². The van der Waals surface area contributed by atoms with Gasteiger partial charge in [0.25, 0.3) is 5.91 Å². The summed E-state index contributed by atoms with van der Waals surface area (Å²) in [6.07, 6.45) is 1.71. The van der Waals surface area contributed by atoms with Crippen molar-refractivity contribution in [2.45, 2.75) is 6.92 Å². The molecule has 28 heavy (non-hydrogen) atoms. The van der Waals surface area contributed by atoms with Crippen LogP contribution in [0.5, 0.6) is 11.5 Å². The summed E-state index contributed by atoms with van der Waals surface area (Å²) >= 11 is 0. The molecule has 0 bridgehead atoms. The molecule has 1 aliphatic rings. The summed E-state index contributed by atoms with van der Waals surface area (Å²) < 4.78 is 16.3. The van der Waals surface area contributed by atoms with E-state index in [0.717, 1.165) is 16.8 Å². The number of aryl methyl sites for hydroxylation is 1. The van der Waals surface area contributed by atoms with E-state index in [4.69, 9.17) is 14.2 Å². The van der Waals surface area contributed by atoms with Crippen LogP contribution in [0.25, 0.3) is 0 Å². The molecule has 7 heteroatoms. The van der Waals surface area contributed by atoms with E-state index in [1.165, 1.54) is 0 Å². The van der Waals surface area contributed by atoms with E-state index in [1.807, 2.05) is 43.3 Å². The lowest BCUT2D eigenvalue weighted by Crippen LogP contribution is -2.43. The Balaban J connectivity index is 1.59. The number of carbonyl (C=O) groups is 1. The second kappa shape index (κ2) is 9.75. The first-order valence-electron chi connectivity index (χ1n) is 9.18. The number of ether oxygens (including phenoxy) is 3. The van der Waals surface area contributed by atoms with Crippen molar-refractivity contribution < 1.29 is 19.0 Å². The maximum atomic E-state index is 12.2. The highest BCUT2D eigenvalue weighted by molar-refractivity contribution is 5.82. The molecular weight excluding hydrogens is 358 g/mol. The molecule has 1 aliphatic heterocycles. The number of nitrogens with one attached hydrogen (secondary N) is 1. The molecule has 0 radical (unpaired) electrons. The van der Waals surface area contributed by atoms with Gasteiger partial charge < -0.3 is 19.1 Å². The first-order chi connectivity index (χ1) is 13.7. The van der Waals surface area contributed by atoms with Crippen LogP contribution < -0.4 is 14.9 Å². The van der Waals surface area contributed by atoms with Crippen LogP contribution in [0.1, 0.15) is 11.1 Å². The van der Waals surface area contributed by atoms with Crippen LogP contribution in [0.3, 0.4) is 0 Å². The predicted molar refractivity (Wildman–Crippen MR) is 108 cm³/mol. The van der Waals surface area contributed by atoms with Crippen molar-refractivity contribution in [2.24, 2.45) is 5.10 Å². The number of nitrogens with zero attached hydrogens (tertiary/aromatic N) is 2. The third kappa shape index (κ3) is 5.23. The van der Waals surface area contributed by atoms with E-state index in [0.29, 0.717) is 37.8 Å². The monoisotopic (exact) mass is 383 g/mol. The fourth-order valence-corrected chi connectivity index (χ4v) is 2.80. The first kappa shape index (κ1) is 19.7. The summed E-state index contributed by atoms with van der Waals surface area (Å²) in [5.41, 5.74) is 5.95. The van der Waals surface area contributed by atoms with Gasteiger partial charge in [0.15, 0.2) is 18.1 Å². The lowest BCUT2D eigenvalue weighted by Gasteiger charge is -2.26. The molecule has 0 saturated carbocycles. The van der Waals surface area contributed by atoms with Crippen molar-refractivity contribution in [1.82, 2.24) is 4.90 Å². The van der Waals surface area contributed by atoms with Crippen LogP contribution in [-0.2, 0) is 9.53 Å². The van der Waals surface area contributed by atoms with Crippen molar-refractivity contribution in [2.75, 3.05) is 45.4 Å². The number of carbonyl (C=O) groups excluding carboxylic acids is 1. The lowest BCUT2D eigenvalue weighted by atomic mass is 10.2. The maximum Gasteiger partial charge on any atom is 0.260 e. The molecule has 0 atom stereocenters. The summed E-state index contributed by atoms with van der Waals surface area (Å²) in [4.78, 5) is 14.0. The quantitative estimate of drug-likeness (QED) is 0.588. The molecule has 1 fully saturated rings. The molecule has 0 spiro atoms. The molecule has 3 rings (SSSR count). The summed E-state index contributed by atoms with van der Waals surface area (Å²) in [7, 11) is 1.57. The topological polar surface area (TPSA) is 72.4 Å². The smallest absolute Gasteiger partial charge is 0.260 e. The summed E-state index contributed by atoms with van der Waals surface area (Å²) in [5, 5.41) is 4.27. The molecular formula is C21H25N3O4. The lowest BCUT2D eigenvalue weighted by molar-refractivity contribution is -0.137. The Kier molecular flexibility index (Phi) is 6.86. The standard InChI is InChI=1S/C21H25N3O4/c1-16-5-3-4-6-18(16)23-22-14-17-7-8-19(20(13-17)26-2)28-15-21(25)24-9-11-27-12-10-24/h3-8,13-14,23H,9-12,15H2,1-2H3/b22-14-. The van der Waals surface area contributed by atoms with Crippen LogP contribution in [0.15, 0.2) is 47.6 Å². The van der Waals surface area contributed by atoms with E-state index in [-0.39, 0.29) is 12.5 Å². The summed E-state index contributed by atoms with van der Waals surface area (Å²) in [6, 6.07) is 13.4. The third-order valence-electron chi connectivity index (χ3n) is 4.45. The fourth-order valence-electron chi connectivity index (χ4n) is 2.80. The van der Waals surface area contributed by atoms with Gasteiger partial charge in [0.1, 0.15) is 0 Å². The Morgan fingerprint density at radius 2 is 2.00 bits per heavy atom. The van der Waals surface area contributed by atoms with Gasteiger partial charge in [-0.25, -0.2) is 0 Å². The van der Waals surface area contributed by atoms with E-state index in [2.05, 4.69) is 10.5 Å². The van der Waals surface area contributed by atoms with Crippen molar-refractivity contribution >= 4 is 17.8 Å². The zero-order valence-corrected chi connectivity index (χ0v) is 16.2. The minimum atomic E-state index is -0.0570. The second-order valence-corrected chi connectivity index (χ2v) is 6.38. The van der Waals surface area contributed by atoms with E-state index < -0.39 is 0 Å². The molecule has 0 aromatic heterocycles. The van der Waals surface area contributed by atoms with Gasteiger partial charge in [-0.15, -0.1) is 0 Å². The molecule has 1 heterocycles. The molecule has 148 valence electrons. The number of hydrazone groups is 1. The van der Waals surface area contributed by atoms with Crippen molar-refractivity contribution in [3.8, 4) is 11.5 Å². The zero-order valence-electron chi connectivity index (χ0n) is 16.2. The van der Waals surface area contributed by atoms with Crippen LogP contribution in [0.2, 0.25) is 0 Å². The largest absolute Gasteiger partial charge is 0.493 e. The Labute approximate surface area is 164 Å². The highest BCUT2D eigenvalue weighted by atomic mass is 16.5. The molecule has 1 N–H and O–H groups in total. The zero-order chi connectivity index (χ0) is 19.8. The Morgan fingerprint density at radius 3 is 2.75 bits per heavy atom. The maximum absolute atomic E-state index is 12.2. The normalized spacial score (nSPS) is 14.1. The minimum Gasteiger partial charge on any atom is -0.493 e. The number of benzene rings is 2. The number of para-hydroxylation sites is 1. The van der Waals surface area contributed by atoms with Crippen molar-refractivity contribution in [1.29, 1.82) is 0 Å². The number of morpholine rings is 1. The predicted octanol–water partition coefficient (Wildman–Crippen LogP) is 2.69. The van der Waals surface area contributed by atoms with Crippen LogP contribution >= 0.6 is 0 Å². The van der Waals surface area contributed by atoms with Crippen LogP contribution in [-0.4, -0.2) is 57.0 Å². The van der Waals surface area contributed by atoms with Gasteiger partial charge >= 0.3 is 0 Å². The number of rotatable bonds is 7. The molecule has 0 unspecified atom stereocenters. The third-order valence-corrected chi connectivity index (χ3v) is 4.45. The number of amides is 1. The molecule has 7 nitrogen and oxygen atoms in total. The number of hydrogen-bond donors (Lipinski definition) is 1. The summed E-state index contributed by atoms with van der Waals surface area (Å²) in [5.74, 6) is 1.01. The van der Waals surface area contributed by atoms with E-state index in [9.17, 15) is 4.79 Å². The Hall–Kier alpha value is -3.06. The second-order valence-electron chi connectivity index (χ2n) is 6.38.